The highest BCUT2D eigenvalue weighted by Gasteiger charge is 2.24. The second-order valence-electron chi connectivity index (χ2n) is 6.47. The van der Waals surface area contributed by atoms with E-state index in [1.54, 1.807) is 29.0 Å². The summed E-state index contributed by atoms with van der Waals surface area (Å²) in [5.41, 5.74) is 4.06. The van der Waals surface area contributed by atoms with Crippen molar-refractivity contribution in [3.8, 4) is 0 Å². The average molecular weight is 358 g/mol. The van der Waals surface area contributed by atoms with E-state index in [2.05, 4.69) is 4.98 Å². The van der Waals surface area contributed by atoms with Crippen LogP contribution < -0.4 is 0 Å². The van der Waals surface area contributed by atoms with Crippen molar-refractivity contribution >= 4 is 23.2 Å². The summed E-state index contributed by atoms with van der Waals surface area (Å²) in [5, 5.41) is 11.3. The summed E-state index contributed by atoms with van der Waals surface area (Å²) in [6.45, 7) is 1.52. The van der Waals surface area contributed by atoms with E-state index in [-0.39, 0.29) is 5.91 Å². The third kappa shape index (κ3) is 4.66. The number of aromatic nitrogens is 1. The zero-order valence-corrected chi connectivity index (χ0v) is 14.9. The molecule has 25 heavy (non-hydrogen) atoms. The minimum absolute atomic E-state index is 0.192. The number of aryl methyl sites for hydroxylation is 1. The molecule has 1 amide bonds. The van der Waals surface area contributed by atoms with Crippen LogP contribution in [0.25, 0.3) is 0 Å². The first-order valence-corrected chi connectivity index (χ1v) is 9.54. The lowest BCUT2D eigenvalue weighted by Crippen LogP contribution is -2.39. The van der Waals surface area contributed by atoms with Crippen molar-refractivity contribution in [3.63, 3.8) is 0 Å². The number of rotatable bonds is 6. The van der Waals surface area contributed by atoms with Gasteiger partial charge in [0, 0.05) is 24.9 Å². The number of hydrogen-bond donors (Lipinski definition) is 1. The molecule has 0 atom stereocenters. The Balaban J connectivity index is 1.49. The molecule has 1 N–H and O–H groups in total. The fourth-order valence-electron chi connectivity index (χ4n) is 3.36. The van der Waals surface area contributed by atoms with Gasteiger partial charge >= 0.3 is 5.97 Å². The quantitative estimate of drug-likeness (QED) is 0.860. The summed E-state index contributed by atoms with van der Waals surface area (Å²) in [7, 11) is 0. The highest BCUT2D eigenvalue weighted by Crippen LogP contribution is 2.24. The van der Waals surface area contributed by atoms with Gasteiger partial charge in [-0.05, 0) is 43.2 Å². The minimum Gasteiger partial charge on any atom is -0.478 e. The highest BCUT2D eigenvalue weighted by atomic mass is 32.1. The van der Waals surface area contributed by atoms with Gasteiger partial charge in [-0.1, -0.05) is 18.2 Å². The number of nitrogens with zero attached hydrogens (tertiary/aromatic N) is 2. The standard InChI is InChI=1S/C19H22N2O3S/c22-18(6-5-16-12-25-13-20-16)21-9-7-14(8-10-21)11-15-3-1-2-4-17(15)19(23)24/h1-4,12-14H,5-11H2,(H,23,24). The molecule has 6 heteroatoms. The van der Waals surface area contributed by atoms with Gasteiger partial charge in [0.05, 0.1) is 16.8 Å². The summed E-state index contributed by atoms with van der Waals surface area (Å²) in [5.74, 6) is -0.245. The monoisotopic (exact) mass is 358 g/mol. The summed E-state index contributed by atoms with van der Waals surface area (Å²) in [6, 6.07) is 7.21. The van der Waals surface area contributed by atoms with Gasteiger partial charge in [-0.2, -0.15) is 0 Å². The van der Waals surface area contributed by atoms with E-state index in [9.17, 15) is 14.7 Å². The molecule has 2 aromatic rings. The maximum atomic E-state index is 12.3. The molecule has 0 unspecified atom stereocenters. The van der Waals surface area contributed by atoms with Gasteiger partial charge in [0.1, 0.15) is 0 Å². The first kappa shape index (κ1) is 17.6. The van der Waals surface area contributed by atoms with Crippen molar-refractivity contribution in [2.45, 2.75) is 32.1 Å². The van der Waals surface area contributed by atoms with Gasteiger partial charge in [-0.15, -0.1) is 11.3 Å². The van der Waals surface area contributed by atoms with Gasteiger partial charge < -0.3 is 10.0 Å². The number of thiazole rings is 1. The van der Waals surface area contributed by atoms with E-state index in [0.717, 1.165) is 43.6 Å². The van der Waals surface area contributed by atoms with Gasteiger partial charge in [-0.25, -0.2) is 9.78 Å². The molecule has 132 valence electrons. The van der Waals surface area contributed by atoms with Crippen molar-refractivity contribution in [1.29, 1.82) is 0 Å². The van der Waals surface area contributed by atoms with E-state index in [0.29, 0.717) is 24.3 Å². The number of amides is 1. The van der Waals surface area contributed by atoms with Crippen molar-refractivity contribution in [2.75, 3.05) is 13.1 Å². The number of aromatic carboxylic acids is 1. The molecule has 5 nitrogen and oxygen atoms in total. The van der Waals surface area contributed by atoms with E-state index in [1.165, 1.54) is 0 Å². The fourth-order valence-corrected chi connectivity index (χ4v) is 3.95. The predicted molar refractivity (Wildman–Crippen MR) is 96.8 cm³/mol. The van der Waals surface area contributed by atoms with E-state index >= 15 is 0 Å². The molecule has 1 aliphatic heterocycles. The number of benzene rings is 1. The second-order valence-corrected chi connectivity index (χ2v) is 7.19. The van der Waals surface area contributed by atoms with Gasteiger partial charge in [-0.3, -0.25) is 4.79 Å². The van der Waals surface area contributed by atoms with Crippen molar-refractivity contribution in [3.05, 3.63) is 52.0 Å². The van der Waals surface area contributed by atoms with Gasteiger partial charge in [0.25, 0.3) is 0 Å². The Morgan fingerprint density at radius 2 is 2.00 bits per heavy atom. The van der Waals surface area contributed by atoms with Crippen LogP contribution in [-0.2, 0) is 17.6 Å². The fraction of sp³-hybridized carbons (Fsp3) is 0.421. The largest absolute Gasteiger partial charge is 0.478 e. The average Bonchev–Trinajstić information content (AvgIpc) is 3.14. The van der Waals surface area contributed by atoms with Crippen LogP contribution in [0.3, 0.4) is 0 Å². The Hall–Kier alpha value is -2.21. The molecule has 0 radical (unpaired) electrons. The molecule has 0 saturated carbocycles. The topological polar surface area (TPSA) is 70.5 Å². The molecular formula is C19H22N2O3S. The Morgan fingerprint density at radius 1 is 1.24 bits per heavy atom. The lowest BCUT2D eigenvalue weighted by atomic mass is 9.88. The van der Waals surface area contributed by atoms with Crippen molar-refractivity contribution < 1.29 is 14.7 Å². The summed E-state index contributed by atoms with van der Waals surface area (Å²) in [6.07, 6.45) is 3.83. The van der Waals surface area contributed by atoms with E-state index in [1.807, 2.05) is 22.4 Å². The van der Waals surface area contributed by atoms with Crippen LogP contribution in [0.5, 0.6) is 0 Å². The van der Waals surface area contributed by atoms with Crippen LogP contribution >= 0.6 is 11.3 Å². The summed E-state index contributed by atoms with van der Waals surface area (Å²) >= 11 is 1.55. The maximum Gasteiger partial charge on any atom is 0.335 e. The number of carbonyl (C=O) groups excluding carboxylic acids is 1. The van der Waals surface area contributed by atoms with Crippen LogP contribution in [0.2, 0.25) is 0 Å². The normalized spacial score (nSPS) is 15.3. The van der Waals surface area contributed by atoms with Crippen molar-refractivity contribution in [2.24, 2.45) is 5.92 Å². The zero-order chi connectivity index (χ0) is 17.6. The van der Waals surface area contributed by atoms with Crippen LogP contribution in [0.1, 0.15) is 40.9 Å². The number of hydrogen-bond acceptors (Lipinski definition) is 4. The molecule has 2 heterocycles. The molecule has 0 spiro atoms. The Kier molecular flexibility index (Phi) is 5.81. The SMILES string of the molecule is O=C(O)c1ccccc1CC1CCN(C(=O)CCc2cscn2)CC1. The van der Waals surface area contributed by atoms with Crippen LogP contribution in [0.4, 0.5) is 0 Å². The van der Waals surface area contributed by atoms with Crippen molar-refractivity contribution in [1.82, 2.24) is 9.88 Å². The first-order valence-electron chi connectivity index (χ1n) is 8.59. The highest BCUT2D eigenvalue weighted by molar-refractivity contribution is 7.07. The third-order valence-corrected chi connectivity index (χ3v) is 5.44. The second kappa shape index (κ2) is 8.25. The number of carboxylic acid groups (broad SMARTS) is 1. The molecule has 1 aromatic heterocycles. The molecule has 1 saturated heterocycles. The Morgan fingerprint density at radius 3 is 2.68 bits per heavy atom. The van der Waals surface area contributed by atoms with E-state index in [4.69, 9.17) is 0 Å². The predicted octanol–water partition coefficient (Wildman–Crippen LogP) is 3.26. The molecular weight excluding hydrogens is 336 g/mol. The van der Waals surface area contributed by atoms with Gasteiger partial charge in [0.2, 0.25) is 5.91 Å². The maximum absolute atomic E-state index is 12.3. The molecule has 1 aliphatic rings. The van der Waals surface area contributed by atoms with Crippen LogP contribution in [0, 0.1) is 5.92 Å². The van der Waals surface area contributed by atoms with Crippen LogP contribution in [-0.4, -0.2) is 40.0 Å². The lowest BCUT2D eigenvalue weighted by molar-refractivity contribution is -0.132. The number of piperidine rings is 1. The zero-order valence-electron chi connectivity index (χ0n) is 14.1. The van der Waals surface area contributed by atoms with Gasteiger partial charge in [0.15, 0.2) is 0 Å². The molecule has 0 bridgehead atoms. The Bertz CT molecular complexity index is 722. The number of likely N-dealkylation sites (tertiary alicyclic amines) is 1. The third-order valence-electron chi connectivity index (χ3n) is 4.80. The molecule has 3 rings (SSSR count). The summed E-state index contributed by atoms with van der Waals surface area (Å²) in [4.78, 5) is 29.8. The van der Waals surface area contributed by atoms with Crippen LogP contribution in [0.15, 0.2) is 35.2 Å². The molecule has 1 fully saturated rings. The molecule has 1 aromatic carbocycles. The minimum atomic E-state index is -0.870. The smallest absolute Gasteiger partial charge is 0.335 e. The first-order chi connectivity index (χ1) is 12.1. The number of carboxylic acids is 1. The lowest BCUT2D eigenvalue weighted by Gasteiger charge is -2.32. The Labute approximate surface area is 151 Å². The van der Waals surface area contributed by atoms with E-state index < -0.39 is 5.97 Å². The molecule has 0 aliphatic carbocycles. The number of carbonyl (C=O) groups is 2. The summed E-state index contributed by atoms with van der Waals surface area (Å²) < 4.78 is 0.